The van der Waals surface area contributed by atoms with E-state index in [1.165, 1.54) is 0 Å². The van der Waals surface area contributed by atoms with E-state index in [0.717, 1.165) is 0 Å². The molecule has 11 heteroatoms. The van der Waals surface area contributed by atoms with Gasteiger partial charge in [-0.05, 0) is 0 Å². The molecule has 0 saturated carbocycles. The number of hydrogen-bond acceptors (Lipinski definition) is 10. The third-order valence-electron chi connectivity index (χ3n) is 3.01. The number of hydrogen-bond donors (Lipinski definition) is 5. The van der Waals surface area contributed by atoms with E-state index in [-0.39, 0.29) is 0 Å². The van der Waals surface area contributed by atoms with Crippen LogP contribution in [-0.4, -0.2) is 61.9 Å². The number of aliphatic hydroxyl groups excluding tert-OH is 2. The summed E-state index contributed by atoms with van der Waals surface area (Å²) in [7, 11) is -4.39. The summed E-state index contributed by atoms with van der Waals surface area (Å²) in [5.74, 6) is -11.3. The number of phosphoric acid groups is 1. The lowest BCUT2D eigenvalue weighted by Crippen LogP contribution is -2.66. The Morgan fingerprint density at radius 3 is 1.94 bits per heavy atom. The molecule has 0 amide bonds. The summed E-state index contributed by atoms with van der Waals surface area (Å²) in [6, 6.07) is 0. The number of aliphatic hydroxyl groups is 5. The zero-order valence-electron chi connectivity index (χ0n) is 8.14. The molecule has 5 atom stereocenters. The first-order valence-electron chi connectivity index (χ1n) is 4.51. The number of rotatable bonds is 2. The van der Waals surface area contributed by atoms with E-state index in [1.807, 2.05) is 0 Å². The lowest BCUT2D eigenvalue weighted by molar-refractivity contribution is -0.361. The van der Waals surface area contributed by atoms with E-state index in [1.54, 1.807) is 0 Å². The van der Waals surface area contributed by atoms with Gasteiger partial charge in [0.05, 0.1) is 0 Å². The average Bonchev–Trinajstić information content (AvgIpc) is 2.60. The fourth-order valence-electron chi connectivity index (χ4n) is 2.15. The van der Waals surface area contributed by atoms with Gasteiger partial charge < -0.3 is 30.3 Å². The van der Waals surface area contributed by atoms with Crippen molar-refractivity contribution in [2.75, 3.05) is 13.2 Å². The van der Waals surface area contributed by atoms with Crippen LogP contribution in [0.4, 0.5) is 0 Å². The Balaban J connectivity index is 2.24. The quantitative estimate of drug-likeness (QED) is 0.327. The van der Waals surface area contributed by atoms with Crippen LogP contribution in [0.15, 0.2) is 0 Å². The average molecular weight is 272 g/mol. The zero-order valence-corrected chi connectivity index (χ0v) is 9.03. The maximum atomic E-state index is 11.7. The first kappa shape index (κ1) is 11.9. The molecule has 0 spiro atoms. The van der Waals surface area contributed by atoms with Crippen molar-refractivity contribution in [3.63, 3.8) is 0 Å². The molecular weight excluding hydrogens is 263 g/mol. The molecule has 3 fully saturated rings. The van der Waals surface area contributed by atoms with Crippen molar-refractivity contribution in [1.82, 2.24) is 0 Å². The van der Waals surface area contributed by atoms with E-state index in [2.05, 4.69) is 13.6 Å². The summed E-state index contributed by atoms with van der Waals surface area (Å²) in [4.78, 5) is 0. The highest BCUT2D eigenvalue weighted by Gasteiger charge is 2.95. The summed E-state index contributed by atoms with van der Waals surface area (Å²) in [6.07, 6.45) is 0. The van der Waals surface area contributed by atoms with Crippen molar-refractivity contribution in [3.05, 3.63) is 0 Å². The fraction of sp³-hybridized carbons (Fsp3) is 1.00. The van der Waals surface area contributed by atoms with Crippen LogP contribution in [-0.2, 0) is 22.9 Å². The van der Waals surface area contributed by atoms with Gasteiger partial charge in [0.2, 0.25) is 0 Å². The Labute approximate surface area is 93.5 Å². The smallest absolute Gasteiger partial charge is 0.391 e. The molecule has 17 heavy (non-hydrogen) atoms. The van der Waals surface area contributed by atoms with Crippen molar-refractivity contribution in [3.8, 4) is 0 Å². The Kier molecular flexibility index (Phi) is 1.91. The second-order valence-corrected chi connectivity index (χ2v) is 5.41. The van der Waals surface area contributed by atoms with Gasteiger partial charge in [-0.2, -0.15) is 0 Å². The van der Waals surface area contributed by atoms with Crippen LogP contribution < -0.4 is 0 Å². The molecule has 0 radical (unpaired) electrons. The third kappa shape index (κ3) is 0.944. The van der Waals surface area contributed by atoms with Crippen LogP contribution in [0.1, 0.15) is 0 Å². The second-order valence-electron chi connectivity index (χ2n) is 3.96. The van der Waals surface area contributed by atoms with Gasteiger partial charge in [0, 0.05) is 0 Å². The van der Waals surface area contributed by atoms with Gasteiger partial charge in [-0.3, -0.25) is 0 Å². The van der Waals surface area contributed by atoms with E-state index in [4.69, 9.17) is 14.9 Å². The van der Waals surface area contributed by atoms with E-state index in [0.29, 0.717) is 0 Å². The summed E-state index contributed by atoms with van der Waals surface area (Å²) in [6.45, 7) is -2.32. The van der Waals surface area contributed by atoms with Gasteiger partial charge in [0.15, 0.2) is 0 Å². The largest absolute Gasteiger partial charge is 0.483 e. The van der Waals surface area contributed by atoms with E-state index in [9.17, 15) is 19.9 Å². The molecule has 3 heterocycles. The summed E-state index contributed by atoms with van der Waals surface area (Å²) >= 11 is 0. The van der Waals surface area contributed by atoms with E-state index >= 15 is 0 Å². The Bertz CT molecular complexity index is 433. The van der Waals surface area contributed by atoms with Gasteiger partial charge in [-0.15, -0.1) is 0 Å². The first-order valence-corrected chi connectivity index (χ1v) is 5.97. The monoisotopic (exact) mass is 272 g/mol. The Morgan fingerprint density at radius 2 is 1.53 bits per heavy atom. The van der Waals surface area contributed by atoms with Crippen LogP contribution in [0.2, 0.25) is 0 Å². The van der Waals surface area contributed by atoms with Gasteiger partial charge >= 0.3 is 7.82 Å². The predicted molar refractivity (Wildman–Crippen MR) is 43.7 cm³/mol. The first-order chi connectivity index (χ1) is 7.70. The number of ether oxygens (including phenoxy) is 1. The Morgan fingerprint density at radius 1 is 0.941 bits per heavy atom. The molecule has 0 aromatic rings. The standard InChI is InChI=1S/C6H9O10P/c7-1-3(9)5(10)6(11)4(2-8,13-3)14-17(12,15-5)16-6/h7-11H,1-2H2/t3?,4-,5+,6-,17?/m0/s1. The molecule has 3 rings (SSSR count). The molecule has 3 aliphatic heterocycles. The maximum absolute atomic E-state index is 11.7. The van der Waals surface area contributed by atoms with Crippen LogP contribution in [0.3, 0.4) is 0 Å². The second kappa shape index (κ2) is 2.73. The molecule has 3 aliphatic rings. The normalized spacial score (nSPS) is 64.5. The topological polar surface area (TPSA) is 155 Å². The number of fused-ring (bicyclic) bond motifs is 1. The van der Waals surface area contributed by atoms with Gasteiger partial charge in [0.1, 0.15) is 13.2 Å². The van der Waals surface area contributed by atoms with Crippen molar-refractivity contribution in [2.45, 2.75) is 23.1 Å². The molecule has 98 valence electrons. The highest BCUT2D eigenvalue weighted by atomic mass is 31.2. The fourth-order valence-corrected chi connectivity index (χ4v) is 4.02. The predicted octanol–water partition coefficient (Wildman–Crippen LogP) is -3.05. The van der Waals surface area contributed by atoms with Gasteiger partial charge in [-0.25, -0.2) is 18.1 Å². The van der Waals surface area contributed by atoms with Crippen molar-refractivity contribution >= 4 is 7.82 Å². The molecule has 10 nitrogen and oxygen atoms in total. The SMILES string of the molecule is O=P12O[C@]3(CO)OC(O)(CO)[C@@](O)(O1)[C@@]3(O)O2. The van der Waals surface area contributed by atoms with Gasteiger partial charge in [-0.1, -0.05) is 0 Å². The zero-order chi connectivity index (χ0) is 12.7. The molecule has 0 aliphatic carbocycles. The summed E-state index contributed by atoms with van der Waals surface area (Å²) < 4.78 is 29.9. The highest BCUT2D eigenvalue weighted by molar-refractivity contribution is 7.49. The van der Waals surface area contributed by atoms with Crippen molar-refractivity contribution < 1.29 is 48.4 Å². The molecule has 5 N–H and O–H groups in total. The molecule has 2 unspecified atom stereocenters. The highest BCUT2D eigenvalue weighted by Crippen LogP contribution is 2.79. The van der Waals surface area contributed by atoms with Crippen LogP contribution in [0.5, 0.6) is 0 Å². The molecular formula is C6H9O10P. The third-order valence-corrected chi connectivity index (χ3v) is 4.50. The molecule has 0 aromatic carbocycles. The van der Waals surface area contributed by atoms with Crippen LogP contribution in [0.25, 0.3) is 0 Å². The Hall–Kier alpha value is -0.130. The van der Waals surface area contributed by atoms with Crippen molar-refractivity contribution in [2.24, 2.45) is 0 Å². The number of phosphoric ester groups is 1. The van der Waals surface area contributed by atoms with Crippen LogP contribution >= 0.6 is 7.82 Å². The minimum Gasteiger partial charge on any atom is -0.391 e. The molecule has 2 bridgehead atoms. The lowest BCUT2D eigenvalue weighted by atomic mass is 9.95. The van der Waals surface area contributed by atoms with Crippen molar-refractivity contribution in [1.29, 1.82) is 0 Å². The lowest BCUT2D eigenvalue weighted by Gasteiger charge is -2.35. The van der Waals surface area contributed by atoms with E-state index < -0.39 is 44.2 Å². The molecule has 3 saturated heterocycles. The molecule has 0 aromatic heterocycles. The minimum atomic E-state index is -4.39. The maximum Gasteiger partial charge on any atom is 0.483 e. The van der Waals surface area contributed by atoms with Gasteiger partial charge in [0.25, 0.3) is 23.1 Å². The minimum absolute atomic E-state index is 1.10. The summed E-state index contributed by atoms with van der Waals surface area (Å²) in [5.41, 5.74) is 0. The van der Waals surface area contributed by atoms with Crippen LogP contribution in [0, 0.1) is 0 Å². The summed E-state index contributed by atoms with van der Waals surface area (Å²) in [5, 5.41) is 47.9.